The number of ether oxygens (including phenoxy) is 3. The van der Waals surface area contributed by atoms with Gasteiger partial charge < -0.3 is 14.2 Å². The molecule has 0 fully saturated rings. The second-order valence-electron chi connectivity index (χ2n) is 22.0. The third-order valence-corrected chi connectivity index (χ3v) is 14.6. The predicted octanol–water partition coefficient (Wildman–Crippen LogP) is 22.2. The molecule has 0 aromatic carbocycles. The highest BCUT2D eigenvalue weighted by Gasteiger charge is 2.19. The van der Waals surface area contributed by atoms with Gasteiger partial charge in [-0.2, -0.15) is 0 Å². The Morgan fingerprint density at radius 3 is 0.851 bits per heavy atom. The third kappa shape index (κ3) is 60.2. The number of unbranched alkanes of at least 4 members (excludes halogenated alkanes) is 41. The van der Waals surface area contributed by atoms with Crippen LogP contribution in [0.15, 0.2) is 48.6 Å². The number of carbonyl (C=O) groups excluding carboxylic acids is 3. The molecule has 1 unspecified atom stereocenters. The van der Waals surface area contributed by atoms with Crippen LogP contribution in [0.5, 0.6) is 0 Å². The molecule has 6 heteroatoms. The second kappa shape index (κ2) is 62.9. The van der Waals surface area contributed by atoms with Crippen molar-refractivity contribution in [2.45, 2.75) is 354 Å². The lowest BCUT2D eigenvalue weighted by Gasteiger charge is -2.18. The molecule has 0 aromatic heterocycles. The summed E-state index contributed by atoms with van der Waals surface area (Å²) in [6.45, 7) is 6.55. The summed E-state index contributed by atoms with van der Waals surface area (Å²) in [4.78, 5) is 38.3. The van der Waals surface area contributed by atoms with Crippen LogP contribution in [0.25, 0.3) is 0 Å². The van der Waals surface area contributed by atoms with Gasteiger partial charge in [-0.1, -0.05) is 301 Å². The predicted molar refractivity (Wildman–Crippen MR) is 321 cm³/mol. The van der Waals surface area contributed by atoms with Crippen LogP contribution in [-0.4, -0.2) is 37.2 Å². The van der Waals surface area contributed by atoms with Crippen molar-refractivity contribution < 1.29 is 28.6 Å². The Morgan fingerprint density at radius 2 is 0.527 bits per heavy atom. The Balaban J connectivity index is 4.23. The fourth-order valence-electron chi connectivity index (χ4n) is 9.69. The van der Waals surface area contributed by atoms with E-state index in [1.165, 1.54) is 218 Å². The molecule has 0 amide bonds. The molecular weight excluding hydrogens is 913 g/mol. The van der Waals surface area contributed by atoms with Crippen molar-refractivity contribution in [3.8, 4) is 0 Å². The van der Waals surface area contributed by atoms with Gasteiger partial charge >= 0.3 is 17.9 Å². The summed E-state index contributed by atoms with van der Waals surface area (Å²) >= 11 is 0. The van der Waals surface area contributed by atoms with Crippen molar-refractivity contribution in [3.63, 3.8) is 0 Å². The third-order valence-electron chi connectivity index (χ3n) is 14.6. The molecule has 0 aliphatic rings. The molecule has 6 nitrogen and oxygen atoms in total. The molecule has 0 saturated heterocycles. The van der Waals surface area contributed by atoms with E-state index in [0.29, 0.717) is 19.3 Å². The molecule has 0 bridgehead atoms. The first-order valence-corrected chi connectivity index (χ1v) is 32.6. The molecule has 0 heterocycles. The van der Waals surface area contributed by atoms with E-state index in [1.54, 1.807) is 0 Å². The van der Waals surface area contributed by atoms with Crippen LogP contribution in [0.4, 0.5) is 0 Å². The lowest BCUT2D eigenvalue weighted by atomic mass is 10.0. The summed E-state index contributed by atoms with van der Waals surface area (Å²) in [5.41, 5.74) is 0. The Bertz CT molecular complexity index is 1280. The zero-order valence-electron chi connectivity index (χ0n) is 49.6. The highest BCUT2D eigenvalue weighted by Crippen LogP contribution is 2.18. The standard InChI is InChI=1S/C68H124O6/c1-4-7-10-13-16-19-22-25-27-29-30-31-32-33-34-35-36-37-39-40-43-46-49-52-55-58-61-67(70)73-64-65(63-72-66(69)60-57-54-51-48-45-42-24-21-18-15-12-9-6-3)74-68(71)62-59-56-53-50-47-44-41-38-28-26-23-20-17-14-11-8-5-2/h8,11,17,20-21,24,26,28,65H,4-7,9-10,12-16,18-19,22-23,25,27,29-64H2,1-3H3/b11-8-,20-17-,24-21-,28-26-. The second-order valence-corrected chi connectivity index (χ2v) is 22.0. The van der Waals surface area contributed by atoms with Gasteiger partial charge in [-0.05, 0) is 77.0 Å². The average Bonchev–Trinajstić information content (AvgIpc) is 3.40. The number of rotatable bonds is 60. The van der Waals surface area contributed by atoms with E-state index < -0.39 is 6.10 Å². The fourth-order valence-corrected chi connectivity index (χ4v) is 9.69. The van der Waals surface area contributed by atoms with Crippen molar-refractivity contribution in [1.29, 1.82) is 0 Å². The maximum atomic E-state index is 12.9. The summed E-state index contributed by atoms with van der Waals surface area (Å²) in [6, 6.07) is 0. The first kappa shape index (κ1) is 71.4. The van der Waals surface area contributed by atoms with Gasteiger partial charge in [-0.25, -0.2) is 0 Å². The Morgan fingerprint density at radius 1 is 0.284 bits per heavy atom. The Hall–Kier alpha value is -2.63. The number of hydrogen-bond donors (Lipinski definition) is 0. The van der Waals surface area contributed by atoms with Crippen LogP contribution >= 0.6 is 0 Å². The van der Waals surface area contributed by atoms with E-state index in [0.717, 1.165) is 89.9 Å². The molecule has 0 radical (unpaired) electrons. The summed E-state index contributed by atoms with van der Waals surface area (Å²) in [7, 11) is 0. The highest BCUT2D eigenvalue weighted by molar-refractivity contribution is 5.71. The van der Waals surface area contributed by atoms with Crippen molar-refractivity contribution in [1.82, 2.24) is 0 Å². The first-order valence-electron chi connectivity index (χ1n) is 32.6. The molecule has 432 valence electrons. The lowest BCUT2D eigenvalue weighted by Crippen LogP contribution is -2.30. The zero-order chi connectivity index (χ0) is 53.6. The minimum atomic E-state index is -0.781. The molecule has 74 heavy (non-hydrogen) atoms. The summed E-state index contributed by atoms with van der Waals surface area (Å²) in [6.07, 6.45) is 78.5. The smallest absolute Gasteiger partial charge is 0.306 e. The van der Waals surface area contributed by atoms with Gasteiger partial charge in [0.2, 0.25) is 0 Å². The van der Waals surface area contributed by atoms with Crippen LogP contribution in [0, 0.1) is 0 Å². The molecule has 0 rings (SSSR count). The van der Waals surface area contributed by atoms with E-state index in [2.05, 4.69) is 69.4 Å². The Labute approximate surface area is 460 Å². The fraction of sp³-hybridized carbons (Fsp3) is 0.838. The number of hydrogen-bond acceptors (Lipinski definition) is 6. The van der Waals surface area contributed by atoms with Gasteiger partial charge in [0.05, 0.1) is 0 Å². The lowest BCUT2D eigenvalue weighted by molar-refractivity contribution is -0.167. The van der Waals surface area contributed by atoms with Gasteiger partial charge in [0.15, 0.2) is 6.10 Å². The van der Waals surface area contributed by atoms with Crippen LogP contribution in [0.2, 0.25) is 0 Å². The number of allylic oxidation sites excluding steroid dienone is 8. The number of esters is 3. The van der Waals surface area contributed by atoms with Crippen LogP contribution < -0.4 is 0 Å². The molecular formula is C68H124O6. The SMILES string of the molecule is CC/C=C\C/C=C\C/C=C\CCCCCCCCCC(=O)OC(COC(=O)CCCCCCC/C=C\CCCCCC)COC(=O)CCCCCCCCCCCCCCCCCCCCCCCCCCCC. The molecule has 0 N–H and O–H groups in total. The van der Waals surface area contributed by atoms with E-state index >= 15 is 0 Å². The highest BCUT2D eigenvalue weighted by atomic mass is 16.6. The maximum absolute atomic E-state index is 12.9. The van der Waals surface area contributed by atoms with Crippen LogP contribution in [0.1, 0.15) is 348 Å². The van der Waals surface area contributed by atoms with Crippen molar-refractivity contribution in [3.05, 3.63) is 48.6 Å². The monoisotopic (exact) mass is 1040 g/mol. The Kier molecular flexibility index (Phi) is 60.7. The van der Waals surface area contributed by atoms with Gasteiger partial charge in [-0.3, -0.25) is 14.4 Å². The van der Waals surface area contributed by atoms with Gasteiger partial charge in [0, 0.05) is 19.3 Å². The van der Waals surface area contributed by atoms with Crippen LogP contribution in [0.3, 0.4) is 0 Å². The zero-order valence-corrected chi connectivity index (χ0v) is 49.6. The van der Waals surface area contributed by atoms with Crippen molar-refractivity contribution in [2.24, 2.45) is 0 Å². The quantitative estimate of drug-likeness (QED) is 0.0261. The molecule has 0 aliphatic carbocycles. The van der Waals surface area contributed by atoms with E-state index in [1.807, 2.05) is 0 Å². The molecule has 1 atom stereocenters. The van der Waals surface area contributed by atoms with Gasteiger partial charge in [0.25, 0.3) is 0 Å². The topological polar surface area (TPSA) is 78.9 Å². The minimum absolute atomic E-state index is 0.0763. The van der Waals surface area contributed by atoms with E-state index in [-0.39, 0.29) is 31.1 Å². The first-order chi connectivity index (χ1) is 36.5. The average molecular weight is 1040 g/mol. The number of carbonyl (C=O) groups is 3. The van der Waals surface area contributed by atoms with Crippen LogP contribution in [-0.2, 0) is 28.6 Å². The van der Waals surface area contributed by atoms with E-state index in [4.69, 9.17) is 14.2 Å². The minimum Gasteiger partial charge on any atom is -0.462 e. The largest absolute Gasteiger partial charge is 0.462 e. The normalized spacial score (nSPS) is 12.3. The molecule has 0 spiro atoms. The van der Waals surface area contributed by atoms with Gasteiger partial charge in [0.1, 0.15) is 13.2 Å². The maximum Gasteiger partial charge on any atom is 0.306 e. The summed E-state index contributed by atoms with van der Waals surface area (Å²) in [5.74, 6) is -0.876. The van der Waals surface area contributed by atoms with Crippen molar-refractivity contribution in [2.75, 3.05) is 13.2 Å². The molecule has 0 aromatic rings. The molecule has 0 saturated carbocycles. The van der Waals surface area contributed by atoms with Gasteiger partial charge in [-0.15, -0.1) is 0 Å². The summed E-state index contributed by atoms with van der Waals surface area (Å²) in [5, 5.41) is 0. The molecule has 0 aliphatic heterocycles. The van der Waals surface area contributed by atoms with E-state index in [9.17, 15) is 14.4 Å². The van der Waals surface area contributed by atoms with Crippen molar-refractivity contribution >= 4 is 17.9 Å². The summed E-state index contributed by atoms with van der Waals surface area (Å²) < 4.78 is 16.9.